The Morgan fingerprint density at radius 2 is 0.716 bits per heavy atom. The molecule has 0 fully saturated rings. The maximum Gasteiger partial charge on any atom is 0.268 e. The summed E-state index contributed by atoms with van der Waals surface area (Å²) in [5, 5.41) is 14.1. The molecule has 0 aromatic heterocycles. The number of aliphatic hydroxyl groups is 1. The first-order valence-corrected chi connectivity index (χ1v) is 37.3. The fraction of sp³-hybridized carbons (Fsp3) is 0.903. The lowest BCUT2D eigenvalue weighted by Gasteiger charge is -2.30. The molecule has 0 aliphatic rings. The molecule has 0 saturated heterocycles. The SMILES string of the molecule is CCCCCCC/C=C\C/C=C\C/C=C\CCCCCCCCCCCCCCCCCCCCCCC(=O)NC(COP(=O)([O-])OCC[N+](C)(C)C)C(O)CCCCCCCCCCCCCCCCCCCCCCCCCC. The number of quaternary nitrogens is 1. The Morgan fingerprint density at radius 1 is 0.432 bits per heavy atom. The Morgan fingerprint density at radius 3 is 1.04 bits per heavy atom. The molecule has 0 aromatic rings. The molecule has 0 bridgehead atoms. The van der Waals surface area contributed by atoms with Crippen LogP contribution in [0, 0.1) is 0 Å². The molecule has 0 heterocycles. The third kappa shape index (κ3) is 66.1. The summed E-state index contributed by atoms with van der Waals surface area (Å²) in [6.07, 6.45) is 83.7. The van der Waals surface area contributed by atoms with Gasteiger partial charge in [0.05, 0.1) is 39.9 Å². The normalized spacial score (nSPS) is 13.8. The Hall–Kier alpha value is -1.28. The van der Waals surface area contributed by atoms with Crippen LogP contribution in [0.1, 0.15) is 367 Å². The van der Waals surface area contributed by atoms with Crippen LogP contribution in [-0.2, 0) is 18.4 Å². The van der Waals surface area contributed by atoms with E-state index in [2.05, 4.69) is 55.6 Å². The average Bonchev–Trinajstić information content (AvgIpc) is 3.43. The van der Waals surface area contributed by atoms with Gasteiger partial charge in [0.2, 0.25) is 5.91 Å². The van der Waals surface area contributed by atoms with Gasteiger partial charge < -0.3 is 28.8 Å². The molecule has 2 N–H and O–H groups in total. The quantitative estimate of drug-likeness (QED) is 0.0272. The molecule has 0 radical (unpaired) electrons. The number of carbonyl (C=O) groups excluding carboxylic acids is 1. The van der Waals surface area contributed by atoms with Crippen molar-refractivity contribution in [3.8, 4) is 0 Å². The molecular formula is C72H141N2O6P. The smallest absolute Gasteiger partial charge is 0.268 e. The summed E-state index contributed by atoms with van der Waals surface area (Å²) in [7, 11) is 1.32. The first kappa shape index (κ1) is 79.7. The van der Waals surface area contributed by atoms with Crippen molar-refractivity contribution >= 4 is 13.7 Å². The van der Waals surface area contributed by atoms with Crippen LogP contribution in [0.2, 0.25) is 0 Å². The molecule has 0 spiro atoms. The van der Waals surface area contributed by atoms with Crippen molar-refractivity contribution in [1.82, 2.24) is 5.32 Å². The minimum atomic E-state index is -4.58. The standard InChI is InChI=1S/C72H141N2O6P/c1-6-8-10-12-14-16-18-20-22-24-26-28-30-32-33-34-35-36-37-38-39-40-41-42-44-46-48-50-52-54-56-58-60-62-64-66-72(76)73-70(69-80-81(77,78)79-68-67-74(3,4)5)71(75)65-63-61-59-57-55-53-51-49-47-45-43-31-29-27-25-23-21-19-17-15-13-11-9-7-2/h18,20,24,26,30,32,70-71,75H,6-17,19,21-23,25,27-29,31,33-69H2,1-5H3,(H-,73,76,77,78)/b20-18-,26-24-,32-30-. The first-order valence-electron chi connectivity index (χ1n) is 35.8. The summed E-state index contributed by atoms with van der Waals surface area (Å²) in [6, 6.07) is -0.800. The van der Waals surface area contributed by atoms with Gasteiger partial charge in [0.1, 0.15) is 13.2 Å². The van der Waals surface area contributed by atoms with Crippen molar-refractivity contribution in [2.45, 2.75) is 379 Å². The Labute approximate surface area is 506 Å². The van der Waals surface area contributed by atoms with Crippen molar-refractivity contribution < 1.29 is 32.9 Å². The molecule has 1 amide bonds. The summed E-state index contributed by atoms with van der Waals surface area (Å²) in [5.74, 6) is -0.157. The Kier molecular flexibility index (Phi) is 62.2. The van der Waals surface area contributed by atoms with Gasteiger partial charge >= 0.3 is 0 Å². The van der Waals surface area contributed by atoms with Crippen LogP contribution >= 0.6 is 7.82 Å². The van der Waals surface area contributed by atoms with Gasteiger partial charge in [-0.15, -0.1) is 0 Å². The van der Waals surface area contributed by atoms with Gasteiger partial charge in [0.15, 0.2) is 0 Å². The van der Waals surface area contributed by atoms with Crippen LogP contribution in [0.3, 0.4) is 0 Å². The van der Waals surface area contributed by atoms with E-state index in [1.807, 2.05) is 21.1 Å². The molecule has 0 saturated carbocycles. The van der Waals surface area contributed by atoms with E-state index in [0.717, 1.165) is 51.4 Å². The van der Waals surface area contributed by atoms with Gasteiger partial charge in [0, 0.05) is 6.42 Å². The molecule has 0 aliphatic heterocycles. The summed E-state index contributed by atoms with van der Waals surface area (Å²) >= 11 is 0. The number of unbranched alkanes of at least 4 members (excludes halogenated alkanes) is 48. The lowest BCUT2D eigenvalue weighted by atomic mass is 10.0. The van der Waals surface area contributed by atoms with E-state index in [9.17, 15) is 19.4 Å². The highest BCUT2D eigenvalue weighted by molar-refractivity contribution is 7.45. The van der Waals surface area contributed by atoms with E-state index in [0.29, 0.717) is 23.9 Å². The molecule has 3 atom stereocenters. The van der Waals surface area contributed by atoms with E-state index in [-0.39, 0.29) is 19.1 Å². The molecule has 0 rings (SSSR count). The molecule has 8 nitrogen and oxygen atoms in total. The number of nitrogens with one attached hydrogen (secondary N) is 1. The van der Waals surface area contributed by atoms with Crippen LogP contribution < -0.4 is 10.2 Å². The molecule has 480 valence electrons. The molecule has 9 heteroatoms. The lowest BCUT2D eigenvalue weighted by Crippen LogP contribution is -2.46. The van der Waals surface area contributed by atoms with E-state index in [1.54, 1.807) is 0 Å². The van der Waals surface area contributed by atoms with Gasteiger partial charge in [-0.25, -0.2) is 0 Å². The van der Waals surface area contributed by atoms with E-state index >= 15 is 0 Å². The number of nitrogens with zero attached hydrogens (tertiary/aromatic N) is 1. The summed E-state index contributed by atoms with van der Waals surface area (Å²) in [5.41, 5.74) is 0. The zero-order valence-corrected chi connectivity index (χ0v) is 55.9. The minimum absolute atomic E-state index is 0.0144. The van der Waals surface area contributed by atoms with Crippen molar-refractivity contribution in [3.05, 3.63) is 36.5 Å². The maximum absolute atomic E-state index is 13.1. The molecular weight excluding hydrogens is 1020 g/mol. The molecule has 0 aromatic carbocycles. The molecule has 3 unspecified atom stereocenters. The number of phosphoric ester groups is 1. The van der Waals surface area contributed by atoms with Crippen molar-refractivity contribution in [3.63, 3.8) is 0 Å². The third-order valence-electron chi connectivity index (χ3n) is 16.6. The van der Waals surface area contributed by atoms with Crippen molar-refractivity contribution in [1.29, 1.82) is 0 Å². The van der Waals surface area contributed by atoms with E-state index in [1.165, 1.54) is 289 Å². The van der Waals surface area contributed by atoms with Gasteiger partial charge in [-0.1, -0.05) is 346 Å². The highest BCUT2D eigenvalue weighted by Crippen LogP contribution is 2.38. The highest BCUT2D eigenvalue weighted by Gasteiger charge is 2.24. The molecule has 81 heavy (non-hydrogen) atoms. The maximum atomic E-state index is 13.1. The third-order valence-corrected chi connectivity index (χ3v) is 17.6. The van der Waals surface area contributed by atoms with Crippen LogP contribution in [0.15, 0.2) is 36.5 Å². The topological polar surface area (TPSA) is 108 Å². The second-order valence-electron chi connectivity index (χ2n) is 26.0. The zero-order chi connectivity index (χ0) is 59.1. The number of hydrogen-bond donors (Lipinski definition) is 2. The summed E-state index contributed by atoms with van der Waals surface area (Å²) in [6.45, 7) is 4.77. The van der Waals surface area contributed by atoms with Crippen LogP contribution in [0.25, 0.3) is 0 Å². The fourth-order valence-electron chi connectivity index (χ4n) is 11.1. The van der Waals surface area contributed by atoms with Gasteiger partial charge in [-0.2, -0.15) is 0 Å². The van der Waals surface area contributed by atoms with Crippen LogP contribution in [0.4, 0.5) is 0 Å². The summed E-state index contributed by atoms with van der Waals surface area (Å²) < 4.78 is 23.5. The van der Waals surface area contributed by atoms with Crippen molar-refractivity contribution in [2.24, 2.45) is 0 Å². The number of likely N-dealkylation sites (N-methyl/N-ethyl adjacent to an activating group) is 1. The number of aliphatic hydroxyl groups excluding tert-OH is 1. The number of hydrogen-bond acceptors (Lipinski definition) is 6. The Balaban J connectivity index is 3.97. The minimum Gasteiger partial charge on any atom is -0.756 e. The largest absolute Gasteiger partial charge is 0.756 e. The predicted octanol–water partition coefficient (Wildman–Crippen LogP) is 22.2. The number of rotatable bonds is 67. The van der Waals surface area contributed by atoms with Gasteiger partial charge in [-0.05, 0) is 51.4 Å². The lowest BCUT2D eigenvalue weighted by molar-refractivity contribution is -0.870. The predicted molar refractivity (Wildman–Crippen MR) is 353 cm³/mol. The van der Waals surface area contributed by atoms with Crippen LogP contribution in [0.5, 0.6) is 0 Å². The van der Waals surface area contributed by atoms with E-state index < -0.39 is 20.0 Å². The number of amides is 1. The summed E-state index contributed by atoms with van der Waals surface area (Å²) in [4.78, 5) is 25.7. The highest BCUT2D eigenvalue weighted by atomic mass is 31.2. The van der Waals surface area contributed by atoms with Crippen molar-refractivity contribution in [2.75, 3.05) is 40.9 Å². The number of phosphoric acid groups is 1. The molecule has 0 aliphatic carbocycles. The fourth-order valence-corrected chi connectivity index (χ4v) is 11.8. The van der Waals surface area contributed by atoms with Crippen LogP contribution in [-0.4, -0.2) is 68.5 Å². The number of allylic oxidation sites excluding steroid dienone is 6. The first-order chi connectivity index (χ1) is 39.5. The van der Waals surface area contributed by atoms with Gasteiger partial charge in [-0.3, -0.25) is 9.36 Å². The second kappa shape index (κ2) is 63.2. The second-order valence-corrected chi connectivity index (χ2v) is 27.4. The average molecular weight is 1160 g/mol. The zero-order valence-electron chi connectivity index (χ0n) is 55.0. The van der Waals surface area contributed by atoms with Gasteiger partial charge in [0.25, 0.3) is 7.82 Å². The Bertz CT molecular complexity index is 1410. The monoisotopic (exact) mass is 1160 g/mol. The van der Waals surface area contributed by atoms with E-state index in [4.69, 9.17) is 9.05 Å². The number of carbonyl (C=O) groups is 1.